The van der Waals surface area contributed by atoms with Crippen LogP contribution in [0.3, 0.4) is 0 Å². The molecule has 28 heavy (non-hydrogen) atoms. The third-order valence-electron chi connectivity index (χ3n) is 4.33. The Bertz CT molecular complexity index is 414. The van der Waals surface area contributed by atoms with Crippen LogP contribution < -0.4 is 5.32 Å². The fourth-order valence-corrected chi connectivity index (χ4v) is 2.68. The zero-order valence-electron chi connectivity index (χ0n) is 17.5. The Morgan fingerprint density at radius 3 is 2.04 bits per heavy atom. The molecule has 0 saturated heterocycles. The van der Waals surface area contributed by atoms with E-state index in [4.69, 9.17) is 14.6 Å². The van der Waals surface area contributed by atoms with Crippen LogP contribution in [-0.2, 0) is 23.9 Å². The number of nitrogens with one attached hydrogen (secondary N) is 1. The molecular weight excluding hydrogens is 362 g/mol. The number of esters is 1. The summed E-state index contributed by atoms with van der Waals surface area (Å²) in [5.74, 6) is -1.42. The van der Waals surface area contributed by atoms with Gasteiger partial charge in [0.15, 0.2) is 0 Å². The molecule has 1 amide bonds. The van der Waals surface area contributed by atoms with Gasteiger partial charge in [-0.25, -0.2) is 0 Å². The van der Waals surface area contributed by atoms with Crippen LogP contribution >= 0.6 is 0 Å². The Labute approximate surface area is 169 Å². The number of carbonyl (C=O) groups is 3. The van der Waals surface area contributed by atoms with Crippen molar-refractivity contribution in [1.29, 1.82) is 0 Å². The summed E-state index contributed by atoms with van der Waals surface area (Å²) in [5, 5.41) is 11.1. The third-order valence-corrected chi connectivity index (χ3v) is 4.33. The van der Waals surface area contributed by atoms with E-state index in [1.807, 2.05) is 0 Å². The summed E-state index contributed by atoms with van der Waals surface area (Å²) < 4.78 is 10.5. The van der Waals surface area contributed by atoms with Gasteiger partial charge in [-0.1, -0.05) is 58.3 Å². The molecule has 0 spiro atoms. The lowest BCUT2D eigenvalue weighted by molar-refractivity contribution is -0.145. The summed E-state index contributed by atoms with van der Waals surface area (Å²) in [6.45, 7) is 3.71. The standard InChI is InChI=1S/C21H39NO6/c1-2-3-4-5-6-7-8-9-10-12-21(26)28-18-17-27-16-11-15-22-19(23)13-14-20(24)25/h2-18H2,1H3,(H,22,23)(H,24,25). The van der Waals surface area contributed by atoms with Crippen LogP contribution in [0.1, 0.15) is 90.4 Å². The van der Waals surface area contributed by atoms with E-state index in [1.54, 1.807) is 0 Å². The lowest BCUT2D eigenvalue weighted by Crippen LogP contribution is -2.25. The van der Waals surface area contributed by atoms with Gasteiger partial charge in [-0.3, -0.25) is 14.4 Å². The molecule has 0 saturated carbocycles. The maximum atomic E-state index is 11.6. The molecule has 0 aliphatic carbocycles. The number of hydrogen-bond donors (Lipinski definition) is 2. The van der Waals surface area contributed by atoms with Gasteiger partial charge in [0.25, 0.3) is 0 Å². The Morgan fingerprint density at radius 1 is 0.750 bits per heavy atom. The molecule has 2 N–H and O–H groups in total. The normalized spacial score (nSPS) is 10.6. The van der Waals surface area contributed by atoms with E-state index in [1.165, 1.54) is 44.9 Å². The molecule has 0 fully saturated rings. The minimum atomic E-state index is -0.981. The highest BCUT2D eigenvalue weighted by molar-refractivity contribution is 5.80. The fourth-order valence-electron chi connectivity index (χ4n) is 2.68. The second-order valence-corrected chi connectivity index (χ2v) is 7.01. The summed E-state index contributed by atoms with van der Waals surface area (Å²) in [7, 11) is 0. The minimum absolute atomic E-state index is 0.00883. The molecule has 7 nitrogen and oxygen atoms in total. The van der Waals surface area contributed by atoms with E-state index in [0.29, 0.717) is 32.6 Å². The number of rotatable bonds is 20. The molecule has 7 heteroatoms. The van der Waals surface area contributed by atoms with Gasteiger partial charge in [0, 0.05) is 26.0 Å². The lowest BCUT2D eigenvalue weighted by Gasteiger charge is -2.07. The van der Waals surface area contributed by atoms with Gasteiger partial charge >= 0.3 is 11.9 Å². The average Bonchev–Trinajstić information content (AvgIpc) is 2.67. The summed E-state index contributed by atoms with van der Waals surface area (Å²) in [6.07, 6.45) is 11.9. The van der Waals surface area contributed by atoms with Crippen LogP contribution in [0.25, 0.3) is 0 Å². The predicted molar refractivity (Wildman–Crippen MR) is 108 cm³/mol. The lowest BCUT2D eigenvalue weighted by atomic mass is 10.1. The zero-order chi connectivity index (χ0) is 20.9. The van der Waals surface area contributed by atoms with Crippen LogP contribution in [0, 0.1) is 0 Å². The van der Waals surface area contributed by atoms with Crippen molar-refractivity contribution >= 4 is 17.8 Å². The van der Waals surface area contributed by atoms with E-state index < -0.39 is 5.97 Å². The summed E-state index contributed by atoms with van der Waals surface area (Å²) >= 11 is 0. The first-order valence-electron chi connectivity index (χ1n) is 10.8. The number of aliphatic carboxylic acids is 1. The number of amides is 1. The SMILES string of the molecule is CCCCCCCCCCCC(=O)OCCOCCCNC(=O)CCC(=O)O. The van der Waals surface area contributed by atoms with E-state index >= 15 is 0 Å². The summed E-state index contributed by atoms with van der Waals surface area (Å²) in [5.41, 5.74) is 0. The molecule has 0 aliphatic heterocycles. The van der Waals surface area contributed by atoms with E-state index in [0.717, 1.165) is 12.8 Å². The largest absolute Gasteiger partial charge is 0.481 e. The maximum Gasteiger partial charge on any atom is 0.305 e. The molecule has 0 aliphatic rings. The van der Waals surface area contributed by atoms with Crippen LogP contribution in [0.15, 0.2) is 0 Å². The van der Waals surface area contributed by atoms with Crippen LogP contribution in [-0.4, -0.2) is 49.3 Å². The Hall–Kier alpha value is -1.63. The monoisotopic (exact) mass is 401 g/mol. The number of carboxylic acid groups (broad SMARTS) is 1. The number of carboxylic acids is 1. The van der Waals surface area contributed by atoms with Gasteiger partial charge in [-0.15, -0.1) is 0 Å². The Morgan fingerprint density at radius 2 is 1.39 bits per heavy atom. The van der Waals surface area contributed by atoms with Crippen molar-refractivity contribution in [1.82, 2.24) is 5.32 Å². The van der Waals surface area contributed by atoms with Crippen molar-refractivity contribution in [3.8, 4) is 0 Å². The Balaban J connectivity index is 3.26. The summed E-state index contributed by atoms with van der Waals surface area (Å²) in [6, 6.07) is 0. The van der Waals surface area contributed by atoms with E-state index in [9.17, 15) is 14.4 Å². The van der Waals surface area contributed by atoms with Crippen molar-refractivity contribution in [2.24, 2.45) is 0 Å². The predicted octanol–water partition coefficient (Wildman–Crippen LogP) is 3.84. The quantitative estimate of drug-likeness (QED) is 0.237. The van der Waals surface area contributed by atoms with Crippen molar-refractivity contribution in [3.05, 3.63) is 0 Å². The average molecular weight is 402 g/mol. The minimum Gasteiger partial charge on any atom is -0.481 e. The first-order chi connectivity index (χ1) is 13.6. The highest BCUT2D eigenvalue weighted by atomic mass is 16.6. The van der Waals surface area contributed by atoms with Gasteiger partial charge in [-0.2, -0.15) is 0 Å². The third kappa shape index (κ3) is 20.7. The molecule has 164 valence electrons. The molecule has 0 unspecified atom stereocenters. The fraction of sp³-hybridized carbons (Fsp3) is 0.857. The van der Waals surface area contributed by atoms with Crippen molar-refractivity contribution in [2.45, 2.75) is 90.4 Å². The highest BCUT2D eigenvalue weighted by Gasteiger charge is 2.05. The van der Waals surface area contributed by atoms with E-state index in [2.05, 4.69) is 12.2 Å². The molecule has 0 aromatic rings. The van der Waals surface area contributed by atoms with E-state index in [-0.39, 0.29) is 31.3 Å². The van der Waals surface area contributed by atoms with Crippen molar-refractivity contribution in [3.63, 3.8) is 0 Å². The second kappa shape index (κ2) is 20.1. The molecular formula is C21H39NO6. The number of ether oxygens (including phenoxy) is 2. The highest BCUT2D eigenvalue weighted by Crippen LogP contribution is 2.10. The van der Waals surface area contributed by atoms with Gasteiger partial charge in [0.05, 0.1) is 13.0 Å². The zero-order valence-corrected chi connectivity index (χ0v) is 17.5. The Kier molecular flexibility index (Phi) is 18.9. The van der Waals surface area contributed by atoms with Crippen molar-refractivity contribution < 1.29 is 29.0 Å². The number of carbonyl (C=O) groups excluding carboxylic acids is 2. The first-order valence-corrected chi connectivity index (χ1v) is 10.8. The molecule has 0 bridgehead atoms. The second-order valence-electron chi connectivity index (χ2n) is 7.01. The molecule has 0 aromatic heterocycles. The van der Waals surface area contributed by atoms with Gasteiger partial charge < -0.3 is 19.9 Å². The van der Waals surface area contributed by atoms with Crippen molar-refractivity contribution in [2.75, 3.05) is 26.4 Å². The maximum absolute atomic E-state index is 11.6. The molecule has 0 rings (SSSR count). The summed E-state index contributed by atoms with van der Waals surface area (Å²) in [4.78, 5) is 33.2. The smallest absolute Gasteiger partial charge is 0.305 e. The molecule has 0 atom stereocenters. The van der Waals surface area contributed by atoms with Crippen LogP contribution in [0.2, 0.25) is 0 Å². The number of unbranched alkanes of at least 4 members (excludes halogenated alkanes) is 8. The first kappa shape index (κ1) is 26.4. The van der Waals surface area contributed by atoms with Crippen LogP contribution in [0.5, 0.6) is 0 Å². The van der Waals surface area contributed by atoms with Gasteiger partial charge in [-0.05, 0) is 12.8 Å². The number of hydrogen-bond acceptors (Lipinski definition) is 5. The van der Waals surface area contributed by atoms with Crippen LogP contribution in [0.4, 0.5) is 0 Å². The van der Waals surface area contributed by atoms with Gasteiger partial charge in [0.1, 0.15) is 6.61 Å². The van der Waals surface area contributed by atoms with Gasteiger partial charge in [0.2, 0.25) is 5.91 Å². The molecule has 0 heterocycles. The topological polar surface area (TPSA) is 102 Å². The molecule has 0 radical (unpaired) electrons. The molecule has 0 aromatic carbocycles.